The van der Waals surface area contributed by atoms with Crippen LogP contribution in [0.15, 0.2) is 48.9 Å². The molecule has 0 unspecified atom stereocenters. The van der Waals surface area contributed by atoms with Crippen LogP contribution in [0.4, 0.5) is 4.39 Å². The molecule has 3 rings (SSSR count). The van der Waals surface area contributed by atoms with E-state index < -0.39 is 0 Å². The monoisotopic (exact) mass is 364 g/mol. The highest BCUT2D eigenvalue weighted by Gasteiger charge is 2.18. The SMILES string of the molecule is Cc1ncncc1-c1cc(C(=O)NC(C)(C)C)cc(-c2ccc(F)cc2)n1. The molecule has 0 aliphatic carbocycles. The van der Waals surface area contributed by atoms with Gasteiger partial charge in [0.05, 0.1) is 17.1 Å². The number of carbonyl (C=O) groups is 1. The summed E-state index contributed by atoms with van der Waals surface area (Å²) in [6.45, 7) is 7.62. The number of aromatic nitrogens is 3. The van der Waals surface area contributed by atoms with Crippen molar-refractivity contribution in [3.05, 3.63) is 66.0 Å². The zero-order chi connectivity index (χ0) is 19.6. The molecule has 27 heavy (non-hydrogen) atoms. The van der Waals surface area contributed by atoms with Gasteiger partial charge in [0.2, 0.25) is 0 Å². The topological polar surface area (TPSA) is 67.8 Å². The van der Waals surface area contributed by atoms with Gasteiger partial charge < -0.3 is 5.32 Å². The fourth-order valence-corrected chi connectivity index (χ4v) is 2.62. The summed E-state index contributed by atoms with van der Waals surface area (Å²) in [6.07, 6.45) is 3.14. The molecule has 0 aliphatic heterocycles. The summed E-state index contributed by atoms with van der Waals surface area (Å²) in [5.74, 6) is -0.531. The van der Waals surface area contributed by atoms with Crippen molar-refractivity contribution in [1.29, 1.82) is 0 Å². The van der Waals surface area contributed by atoms with Gasteiger partial charge in [0.1, 0.15) is 12.1 Å². The standard InChI is InChI=1S/C21H21FN4O/c1-13-17(11-23-12-24-13)19-10-15(20(27)26-21(2,3)4)9-18(25-19)14-5-7-16(22)8-6-14/h5-12H,1-4H3,(H,26,27). The lowest BCUT2D eigenvalue weighted by atomic mass is 10.0. The number of hydrogen-bond donors (Lipinski definition) is 1. The van der Waals surface area contributed by atoms with Crippen LogP contribution in [0.25, 0.3) is 22.5 Å². The first-order valence-corrected chi connectivity index (χ1v) is 8.60. The molecule has 138 valence electrons. The van der Waals surface area contributed by atoms with Crippen molar-refractivity contribution in [2.75, 3.05) is 0 Å². The molecule has 1 aromatic carbocycles. The Hall–Kier alpha value is -3.15. The van der Waals surface area contributed by atoms with E-state index in [0.29, 0.717) is 17.0 Å². The zero-order valence-electron chi connectivity index (χ0n) is 15.7. The van der Waals surface area contributed by atoms with Gasteiger partial charge in [-0.1, -0.05) is 0 Å². The number of amides is 1. The van der Waals surface area contributed by atoms with Crippen molar-refractivity contribution in [2.45, 2.75) is 33.2 Å². The second kappa shape index (κ2) is 7.23. The largest absolute Gasteiger partial charge is 0.347 e. The molecule has 0 radical (unpaired) electrons. The van der Waals surface area contributed by atoms with Crippen LogP contribution in [0.1, 0.15) is 36.8 Å². The van der Waals surface area contributed by atoms with Gasteiger partial charge in [0.25, 0.3) is 5.91 Å². The van der Waals surface area contributed by atoms with E-state index in [-0.39, 0.29) is 17.3 Å². The van der Waals surface area contributed by atoms with E-state index in [1.165, 1.54) is 18.5 Å². The molecule has 0 saturated heterocycles. The first-order chi connectivity index (χ1) is 12.7. The highest BCUT2D eigenvalue weighted by atomic mass is 19.1. The molecule has 1 N–H and O–H groups in total. The second-order valence-corrected chi connectivity index (χ2v) is 7.36. The summed E-state index contributed by atoms with van der Waals surface area (Å²) in [4.78, 5) is 25.7. The maximum Gasteiger partial charge on any atom is 0.251 e. The van der Waals surface area contributed by atoms with E-state index in [4.69, 9.17) is 0 Å². The van der Waals surface area contributed by atoms with Crippen LogP contribution in [0.2, 0.25) is 0 Å². The van der Waals surface area contributed by atoms with Crippen molar-refractivity contribution in [2.24, 2.45) is 0 Å². The molecule has 0 spiro atoms. The minimum absolute atomic E-state index is 0.205. The Kier molecular flexibility index (Phi) is 4.99. The smallest absolute Gasteiger partial charge is 0.251 e. The van der Waals surface area contributed by atoms with Crippen LogP contribution in [0.5, 0.6) is 0 Å². The molecule has 2 heterocycles. The Balaban J connectivity index is 2.15. The maximum atomic E-state index is 13.3. The molecule has 0 fully saturated rings. The van der Waals surface area contributed by atoms with Crippen LogP contribution in [0.3, 0.4) is 0 Å². The van der Waals surface area contributed by atoms with Crippen LogP contribution >= 0.6 is 0 Å². The Labute approximate surface area is 157 Å². The van der Waals surface area contributed by atoms with Gasteiger partial charge in [-0.05, 0) is 64.1 Å². The third kappa shape index (κ3) is 4.53. The number of rotatable bonds is 3. The van der Waals surface area contributed by atoms with Gasteiger partial charge in [-0.15, -0.1) is 0 Å². The van der Waals surface area contributed by atoms with Crippen LogP contribution in [-0.4, -0.2) is 26.4 Å². The average molecular weight is 364 g/mol. The Morgan fingerprint density at radius 2 is 1.74 bits per heavy atom. The molecule has 0 bridgehead atoms. The summed E-state index contributed by atoms with van der Waals surface area (Å²) < 4.78 is 13.3. The normalized spacial score (nSPS) is 11.3. The van der Waals surface area contributed by atoms with Gasteiger partial charge >= 0.3 is 0 Å². The number of pyridine rings is 1. The van der Waals surface area contributed by atoms with E-state index in [9.17, 15) is 9.18 Å². The first kappa shape index (κ1) is 18.6. The van der Waals surface area contributed by atoms with E-state index in [1.807, 2.05) is 27.7 Å². The predicted molar refractivity (Wildman–Crippen MR) is 103 cm³/mol. The summed E-state index contributed by atoms with van der Waals surface area (Å²) in [5, 5.41) is 2.96. The third-order valence-electron chi connectivity index (χ3n) is 3.90. The summed E-state index contributed by atoms with van der Waals surface area (Å²) in [5.41, 5.74) is 3.49. The lowest BCUT2D eigenvalue weighted by Crippen LogP contribution is -2.40. The van der Waals surface area contributed by atoms with Gasteiger partial charge in [-0.25, -0.2) is 19.3 Å². The minimum atomic E-state index is -0.373. The first-order valence-electron chi connectivity index (χ1n) is 8.60. The highest BCUT2D eigenvalue weighted by Crippen LogP contribution is 2.26. The average Bonchev–Trinajstić information content (AvgIpc) is 2.61. The number of benzene rings is 1. The minimum Gasteiger partial charge on any atom is -0.347 e. The second-order valence-electron chi connectivity index (χ2n) is 7.36. The fourth-order valence-electron chi connectivity index (χ4n) is 2.62. The number of hydrogen-bond acceptors (Lipinski definition) is 4. The molecular weight excluding hydrogens is 343 g/mol. The van der Waals surface area contributed by atoms with E-state index >= 15 is 0 Å². The Bertz CT molecular complexity index is 978. The number of nitrogens with zero attached hydrogens (tertiary/aromatic N) is 3. The number of nitrogens with one attached hydrogen (secondary N) is 1. The number of aryl methyl sites for hydroxylation is 1. The lowest BCUT2D eigenvalue weighted by molar-refractivity contribution is 0.0919. The van der Waals surface area contributed by atoms with Crippen molar-refractivity contribution in [3.8, 4) is 22.5 Å². The van der Waals surface area contributed by atoms with Crippen LogP contribution < -0.4 is 5.32 Å². The molecule has 1 amide bonds. The van der Waals surface area contributed by atoms with Crippen molar-refractivity contribution in [3.63, 3.8) is 0 Å². The van der Waals surface area contributed by atoms with E-state index in [0.717, 1.165) is 16.8 Å². The highest BCUT2D eigenvalue weighted by molar-refractivity contribution is 5.96. The summed E-state index contributed by atoms with van der Waals surface area (Å²) in [7, 11) is 0. The molecule has 0 saturated carbocycles. The lowest BCUT2D eigenvalue weighted by Gasteiger charge is -2.21. The maximum absolute atomic E-state index is 13.3. The van der Waals surface area contributed by atoms with Crippen LogP contribution in [0, 0.1) is 12.7 Å². The molecule has 0 aliphatic rings. The van der Waals surface area contributed by atoms with Crippen molar-refractivity contribution < 1.29 is 9.18 Å². The fraction of sp³-hybridized carbons (Fsp3) is 0.238. The quantitative estimate of drug-likeness (QED) is 0.757. The van der Waals surface area contributed by atoms with Crippen molar-refractivity contribution in [1.82, 2.24) is 20.3 Å². The van der Waals surface area contributed by atoms with Crippen LogP contribution in [-0.2, 0) is 0 Å². The van der Waals surface area contributed by atoms with Gasteiger partial charge in [0.15, 0.2) is 0 Å². The third-order valence-corrected chi connectivity index (χ3v) is 3.90. The summed E-state index contributed by atoms with van der Waals surface area (Å²) in [6, 6.07) is 9.45. The van der Waals surface area contributed by atoms with Gasteiger partial charge in [0, 0.05) is 28.4 Å². The summed E-state index contributed by atoms with van der Waals surface area (Å²) >= 11 is 0. The van der Waals surface area contributed by atoms with E-state index in [2.05, 4.69) is 20.3 Å². The Morgan fingerprint density at radius 1 is 1.07 bits per heavy atom. The predicted octanol–water partition coefficient (Wildman–Crippen LogP) is 4.18. The molecule has 0 atom stereocenters. The zero-order valence-corrected chi connectivity index (χ0v) is 15.7. The van der Waals surface area contributed by atoms with Gasteiger partial charge in [-0.3, -0.25) is 4.79 Å². The molecule has 5 nitrogen and oxygen atoms in total. The molecule has 3 aromatic rings. The van der Waals surface area contributed by atoms with Crippen molar-refractivity contribution >= 4 is 5.91 Å². The van der Waals surface area contributed by atoms with E-state index in [1.54, 1.807) is 30.5 Å². The molecular formula is C21H21FN4O. The Morgan fingerprint density at radius 3 is 2.37 bits per heavy atom. The van der Waals surface area contributed by atoms with Gasteiger partial charge in [-0.2, -0.15) is 0 Å². The molecule has 2 aromatic heterocycles. The number of carbonyl (C=O) groups excluding carboxylic acids is 1. The molecule has 6 heteroatoms. The number of halogens is 1.